The van der Waals surface area contributed by atoms with Crippen molar-refractivity contribution in [1.82, 2.24) is 0 Å². The predicted molar refractivity (Wildman–Crippen MR) is 115 cm³/mol. The lowest BCUT2D eigenvalue weighted by Gasteiger charge is -2.60. The summed E-state index contributed by atoms with van der Waals surface area (Å²) >= 11 is 0. The minimum Gasteiger partial charge on any atom is -0.475 e. The van der Waals surface area contributed by atoms with Gasteiger partial charge in [0.1, 0.15) is 6.10 Å². The lowest BCUT2D eigenvalue weighted by molar-refractivity contribution is -0.156. The number of allylic oxidation sites excluding steroid dienone is 2. The van der Waals surface area contributed by atoms with E-state index in [2.05, 4.69) is 19.9 Å². The highest BCUT2D eigenvalue weighted by Gasteiger charge is 2.74. The fraction of sp³-hybridized carbons (Fsp3) is 0.800. The number of rotatable bonds is 3. The summed E-state index contributed by atoms with van der Waals surface area (Å²) in [6.45, 7) is 7.30. The van der Waals surface area contributed by atoms with Gasteiger partial charge in [0.25, 0.3) is 0 Å². The number of carbonyl (C=O) groups is 2. The van der Waals surface area contributed by atoms with Crippen LogP contribution in [0.5, 0.6) is 0 Å². The van der Waals surface area contributed by atoms with Gasteiger partial charge in [0.2, 0.25) is 5.78 Å². The molecular formula is C25H35NO5. The van der Waals surface area contributed by atoms with Crippen LogP contribution in [-0.2, 0) is 19.1 Å². The average molecular weight is 430 g/mol. The molecule has 0 spiro atoms. The summed E-state index contributed by atoms with van der Waals surface area (Å²) in [5, 5.41) is 11.6. The maximum absolute atomic E-state index is 13.6. The second-order valence-electron chi connectivity index (χ2n) is 11.0. The zero-order chi connectivity index (χ0) is 22.2. The van der Waals surface area contributed by atoms with Crippen LogP contribution in [0.3, 0.4) is 0 Å². The van der Waals surface area contributed by atoms with E-state index in [0.29, 0.717) is 18.2 Å². The Labute approximate surface area is 184 Å². The number of carbonyl (C=O) groups excluding carboxylic acids is 2. The SMILES string of the molecule is CC(=O)OCC(=O)[C@@]12N=C(C)O[C@@H]1C[C@H]1[C@@H]3CCC4=CCCC[C@]4(C)[C@H]3[C@@H](O)C[C@@]12C. The van der Waals surface area contributed by atoms with Crippen LogP contribution in [0, 0.1) is 28.6 Å². The highest BCUT2D eigenvalue weighted by atomic mass is 16.5. The molecule has 170 valence electrons. The van der Waals surface area contributed by atoms with Gasteiger partial charge in [-0.05, 0) is 68.1 Å². The fourth-order valence-corrected chi connectivity index (χ4v) is 8.52. The van der Waals surface area contributed by atoms with E-state index in [1.807, 2.05) is 0 Å². The number of aliphatic imine (C=N–C) groups is 1. The number of hydrogen-bond donors (Lipinski definition) is 1. The summed E-state index contributed by atoms with van der Waals surface area (Å²) in [6, 6.07) is 0. The first-order chi connectivity index (χ1) is 14.6. The quantitative estimate of drug-likeness (QED) is 0.547. The predicted octanol–water partition coefficient (Wildman–Crippen LogP) is 3.61. The van der Waals surface area contributed by atoms with Crippen LogP contribution in [-0.4, -0.2) is 47.1 Å². The molecular weight excluding hydrogens is 394 g/mol. The van der Waals surface area contributed by atoms with Gasteiger partial charge < -0.3 is 14.6 Å². The molecule has 1 heterocycles. The standard InChI is InChI=1S/C25H35NO5/c1-14-26-25(20(29)13-30-15(2)27)21(31-14)11-18-17-9-8-16-7-5-6-10-23(16,3)22(17)19(28)12-24(18,25)4/h7,17-19,21-22,28H,5-6,8-13H2,1-4H3/t17-,18-,19-,21+,22+,23-,24-,25+/m0/s1. The van der Waals surface area contributed by atoms with Gasteiger partial charge in [0.15, 0.2) is 18.0 Å². The van der Waals surface area contributed by atoms with Crippen molar-refractivity contribution in [2.45, 2.75) is 90.4 Å². The molecule has 3 saturated carbocycles. The molecule has 0 bridgehead atoms. The van der Waals surface area contributed by atoms with Crippen LogP contribution in [0.15, 0.2) is 16.6 Å². The molecule has 0 unspecified atom stereocenters. The van der Waals surface area contributed by atoms with Crippen LogP contribution in [0.1, 0.15) is 72.6 Å². The Morgan fingerprint density at radius 1 is 1.35 bits per heavy atom. The van der Waals surface area contributed by atoms with Gasteiger partial charge in [-0.15, -0.1) is 0 Å². The van der Waals surface area contributed by atoms with Crippen molar-refractivity contribution in [3.05, 3.63) is 11.6 Å². The minimum atomic E-state index is -1.08. The zero-order valence-corrected chi connectivity index (χ0v) is 19.1. The number of fused-ring (bicyclic) bond motifs is 7. The third-order valence-electron chi connectivity index (χ3n) is 9.63. The monoisotopic (exact) mass is 429 g/mol. The number of ketones is 1. The Morgan fingerprint density at radius 2 is 2.13 bits per heavy atom. The number of Topliss-reactive ketones (excluding diaryl/α,β-unsaturated/α-hetero) is 1. The van der Waals surface area contributed by atoms with Crippen molar-refractivity contribution in [1.29, 1.82) is 0 Å². The van der Waals surface area contributed by atoms with Gasteiger partial charge in [-0.25, -0.2) is 4.99 Å². The van der Waals surface area contributed by atoms with Gasteiger partial charge in [0.05, 0.1) is 6.10 Å². The Bertz CT molecular complexity index is 879. The van der Waals surface area contributed by atoms with Gasteiger partial charge in [-0.3, -0.25) is 9.59 Å². The molecule has 5 aliphatic rings. The van der Waals surface area contributed by atoms with Crippen LogP contribution >= 0.6 is 0 Å². The maximum atomic E-state index is 13.6. The molecule has 6 nitrogen and oxygen atoms in total. The Morgan fingerprint density at radius 3 is 2.87 bits per heavy atom. The summed E-state index contributed by atoms with van der Waals surface area (Å²) in [7, 11) is 0. The van der Waals surface area contributed by atoms with Crippen molar-refractivity contribution in [2.75, 3.05) is 6.61 Å². The fourth-order valence-electron chi connectivity index (χ4n) is 8.52. The molecule has 3 fully saturated rings. The third kappa shape index (κ3) is 2.69. The van der Waals surface area contributed by atoms with E-state index in [1.165, 1.54) is 18.9 Å². The number of aliphatic hydroxyl groups excluding tert-OH is 1. The van der Waals surface area contributed by atoms with E-state index in [9.17, 15) is 14.7 Å². The van der Waals surface area contributed by atoms with Crippen molar-refractivity contribution in [3.8, 4) is 0 Å². The highest BCUT2D eigenvalue weighted by molar-refractivity contribution is 5.97. The van der Waals surface area contributed by atoms with Crippen LogP contribution < -0.4 is 0 Å². The molecule has 1 N–H and O–H groups in total. The summed E-state index contributed by atoms with van der Waals surface area (Å²) in [6.07, 6.45) is 8.50. The molecule has 0 radical (unpaired) electrons. The van der Waals surface area contributed by atoms with Crippen molar-refractivity contribution < 1.29 is 24.2 Å². The highest BCUT2D eigenvalue weighted by Crippen LogP contribution is 2.69. The van der Waals surface area contributed by atoms with Crippen molar-refractivity contribution >= 4 is 17.7 Å². The Balaban J connectivity index is 1.55. The summed E-state index contributed by atoms with van der Waals surface area (Å²) < 4.78 is 11.2. The van der Waals surface area contributed by atoms with Gasteiger partial charge >= 0.3 is 5.97 Å². The smallest absolute Gasteiger partial charge is 0.303 e. The molecule has 8 atom stereocenters. The molecule has 5 rings (SSSR count). The molecule has 0 aromatic heterocycles. The van der Waals surface area contributed by atoms with Crippen LogP contribution in [0.4, 0.5) is 0 Å². The second kappa shape index (κ2) is 6.90. The first-order valence-corrected chi connectivity index (χ1v) is 11.9. The topological polar surface area (TPSA) is 85.2 Å². The third-order valence-corrected chi connectivity index (χ3v) is 9.63. The number of hydrogen-bond acceptors (Lipinski definition) is 6. The lowest BCUT2D eigenvalue weighted by atomic mass is 9.45. The first-order valence-electron chi connectivity index (χ1n) is 11.9. The van der Waals surface area contributed by atoms with Crippen molar-refractivity contribution in [3.63, 3.8) is 0 Å². The summed E-state index contributed by atoms with van der Waals surface area (Å²) in [4.78, 5) is 29.8. The van der Waals surface area contributed by atoms with Crippen LogP contribution in [0.25, 0.3) is 0 Å². The molecule has 31 heavy (non-hydrogen) atoms. The molecule has 6 heteroatoms. The first kappa shape index (κ1) is 21.2. The van der Waals surface area contributed by atoms with Gasteiger partial charge in [0, 0.05) is 19.3 Å². The number of esters is 1. The number of nitrogens with zero attached hydrogens (tertiary/aromatic N) is 1. The van der Waals surface area contributed by atoms with Gasteiger partial charge in [-0.2, -0.15) is 0 Å². The Hall–Kier alpha value is -1.69. The molecule has 1 aliphatic heterocycles. The zero-order valence-electron chi connectivity index (χ0n) is 19.1. The number of ether oxygens (including phenoxy) is 2. The van der Waals surface area contributed by atoms with E-state index in [-0.39, 0.29) is 35.7 Å². The largest absolute Gasteiger partial charge is 0.475 e. The molecule has 0 aromatic carbocycles. The van der Waals surface area contributed by atoms with E-state index in [0.717, 1.165) is 32.1 Å². The molecule has 4 aliphatic carbocycles. The molecule has 0 amide bonds. The maximum Gasteiger partial charge on any atom is 0.303 e. The van der Waals surface area contributed by atoms with E-state index >= 15 is 0 Å². The average Bonchev–Trinajstić information content (AvgIpc) is 3.16. The molecule has 0 saturated heterocycles. The van der Waals surface area contributed by atoms with Crippen molar-refractivity contribution in [2.24, 2.45) is 33.6 Å². The molecule has 0 aromatic rings. The minimum absolute atomic E-state index is 0.0502. The van der Waals surface area contributed by atoms with E-state index in [1.54, 1.807) is 6.92 Å². The Kier molecular flexibility index (Phi) is 4.71. The van der Waals surface area contributed by atoms with Gasteiger partial charge in [-0.1, -0.05) is 25.5 Å². The van der Waals surface area contributed by atoms with E-state index < -0.39 is 23.0 Å². The normalized spacial score (nSPS) is 47.7. The summed E-state index contributed by atoms with van der Waals surface area (Å²) in [5.41, 5.74) is -0.00699. The number of aliphatic hydroxyl groups is 1. The van der Waals surface area contributed by atoms with Crippen LogP contribution in [0.2, 0.25) is 0 Å². The second-order valence-corrected chi connectivity index (χ2v) is 11.0. The van der Waals surface area contributed by atoms with E-state index in [4.69, 9.17) is 14.5 Å². The lowest BCUT2D eigenvalue weighted by Crippen LogP contribution is -2.62. The summed E-state index contributed by atoms with van der Waals surface area (Å²) in [5.74, 6) is 0.670.